The molecule has 36 heavy (non-hydrogen) atoms. The average Bonchev–Trinajstić information content (AvgIpc) is 3.20. The van der Waals surface area contributed by atoms with Gasteiger partial charge in [0.2, 0.25) is 11.8 Å². The first-order chi connectivity index (χ1) is 17.1. The third kappa shape index (κ3) is 5.33. The number of halogens is 2. The van der Waals surface area contributed by atoms with Crippen LogP contribution in [0.4, 0.5) is 8.78 Å². The van der Waals surface area contributed by atoms with Gasteiger partial charge in [0.15, 0.2) is 5.82 Å². The number of hydrogen-bond acceptors (Lipinski definition) is 6. The highest BCUT2D eigenvalue weighted by Crippen LogP contribution is 2.47. The lowest BCUT2D eigenvalue weighted by Crippen LogP contribution is -2.49. The molecule has 7 nitrogen and oxygen atoms in total. The second kappa shape index (κ2) is 9.93. The van der Waals surface area contributed by atoms with Crippen LogP contribution in [0.1, 0.15) is 96.7 Å². The van der Waals surface area contributed by atoms with E-state index in [4.69, 9.17) is 9.26 Å². The number of ether oxygens (including phenoxy) is 1. The maximum Gasteiger partial charge on any atom is 0.253 e. The molecule has 2 aliphatic heterocycles. The van der Waals surface area contributed by atoms with Gasteiger partial charge in [0.1, 0.15) is 0 Å². The van der Waals surface area contributed by atoms with Crippen molar-refractivity contribution in [1.82, 2.24) is 19.9 Å². The van der Waals surface area contributed by atoms with E-state index in [0.29, 0.717) is 62.5 Å². The van der Waals surface area contributed by atoms with Gasteiger partial charge in [-0.1, -0.05) is 19.0 Å². The molecular weight excluding hydrogens is 466 g/mol. The van der Waals surface area contributed by atoms with E-state index in [-0.39, 0.29) is 30.3 Å². The van der Waals surface area contributed by atoms with Crippen LogP contribution in [-0.2, 0) is 14.9 Å². The molecule has 1 aromatic rings. The van der Waals surface area contributed by atoms with Gasteiger partial charge in [0.05, 0.1) is 18.1 Å². The summed E-state index contributed by atoms with van der Waals surface area (Å²) >= 11 is 0. The number of piperidine rings is 1. The van der Waals surface area contributed by atoms with Gasteiger partial charge in [-0.25, -0.2) is 8.78 Å². The molecule has 0 unspecified atom stereocenters. The molecule has 1 amide bonds. The number of aromatic nitrogens is 2. The minimum atomic E-state index is -2.87. The van der Waals surface area contributed by atoms with E-state index in [9.17, 15) is 4.79 Å². The molecule has 5 atom stereocenters. The SMILES string of the molecule is CC(C)N1CC[C@H](O[C@H]2CCCC(F)(F)[C@@H]2CC(=O)N2CCC(C)(c3noc([C@@H]4C[C@@H]4C)n3)CC2)C1. The molecule has 5 rings (SSSR count). The Balaban J connectivity index is 1.18. The highest BCUT2D eigenvalue weighted by atomic mass is 19.3. The summed E-state index contributed by atoms with van der Waals surface area (Å²) in [5.74, 6) is -1.71. The molecule has 0 aromatic carbocycles. The standard InChI is InChI=1S/C27H42F2N4O3/c1-17(2)33-11-7-19(16-33)35-22-6-5-8-27(28,29)21(22)15-23(34)32-12-9-26(4,10-13-32)25-30-24(36-31-25)20-14-18(20)3/h17-22H,5-16H2,1-4H3/t18-,19-,20+,21+,22-/m0/s1. The summed E-state index contributed by atoms with van der Waals surface area (Å²) in [6.07, 6.45) is 3.49. The Morgan fingerprint density at radius 2 is 1.92 bits per heavy atom. The molecule has 1 aromatic heterocycles. The molecule has 4 aliphatic rings. The zero-order chi connectivity index (χ0) is 25.7. The average molecular weight is 509 g/mol. The lowest BCUT2D eigenvalue weighted by molar-refractivity contribution is -0.174. The predicted molar refractivity (Wildman–Crippen MR) is 131 cm³/mol. The lowest BCUT2D eigenvalue weighted by Gasteiger charge is -2.41. The fourth-order valence-electron chi connectivity index (χ4n) is 6.31. The number of alkyl halides is 2. The van der Waals surface area contributed by atoms with Crippen LogP contribution in [0.3, 0.4) is 0 Å². The Bertz CT molecular complexity index is 930. The van der Waals surface area contributed by atoms with Crippen LogP contribution in [0.5, 0.6) is 0 Å². The second-order valence-electron chi connectivity index (χ2n) is 12.4. The van der Waals surface area contributed by atoms with Crippen LogP contribution in [-0.4, -0.2) is 76.2 Å². The highest BCUT2D eigenvalue weighted by Gasteiger charge is 2.50. The quantitative estimate of drug-likeness (QED) is 0.529. The lowest BCUT2D eigenvalue weighted by atomic mass is 9.78. The van der Waals surface area contributed by atoms with Gasteiger partial charge < -0.3 is 14.2 Å². The van der Waals surface area contributed by atoms with Crippen molar-refractivity contribution in [2.45, 2.75) is 115 Å². The van der Waals surface area contributed by atoms with Crippen LogP contribution in [0, 0.1) is 11.8 Å². The van der Waals surface area contributed by atoms with E-state index < -0.39 is 17.9 Å². The fourth-order valence-corrected chi connectivity index (χ4v) is 6.31. The third-order valence-electron chi connectivity index (χ3n) is 9.29. The molecule has 3 heterocycles. The van der Waals surface area contributed by atoms with Crippen molar-refractivity contribution in [3.8, 4) is 0 Å². The first kappa shape index (κ1) is 26.0. The summed E-state index contributed by atoms with van der Waals surface area (Å²) in [4.78, 5) is 22.0. The highest BCUT2D eigenvalue weighted by molar-refractivity contribution is 5.76. The summed E-state index contributed by atoms with van der Waals surface area (Å²) < 4.78 is 42.0. The van der Waals surface area contributed by atoms with E-state index in [0.717, 1.165) is 31.8 Å². The van der Waals surface area contributed by atoms with E-state index in [1.54, 1.807) is 4.90 Å². The van der Waals surface area contributed by atoms with Crippen molar-refractivity contribution in [2.24, 2.45) is 11.8 Å². The summed E-state index contributed by atoms with van der Waals surface area (Å²) in [6, 6.07) is 0.421. The number of nitrogens with zero attached hydrogens (tertiary/aromatic N) is 4. The van der Waals surface area contributed by atoms with Gasteiger partial charge in [0, 0.05) is 56.4 Å². The van der Waals surface area contributed by atoms with Gasteiger partial charge in [-0.2, -0.15) is 4.98 Å². The second-order valence-corrected chi connectivity index (χ2v) is 12.4. The maximum absolute atomic E-state index is 15.1. The Morgan fingerprint density at radius 1 is 1.19 bits per heavy atom. The first-order valence-electron chi connectivity index (χ1n) is 13.9. The minimum Gasteiger partial charge on any atom is -0.373 e. The van der Waals surface area contributed by atoms with Gasteiger partial charge in [-0.3, -0.25) is 9.69 Å². The van der Waals surface area contributed by atoms with Gasteiger partial charge in [0.25, 0.3) is 5.92 Å². The Hall–Kier alpha value is -1.61. The van der Waals surface area contributed by atoms with Crippen LogP contribution in [0.25, 0.3) is 0 Å². The Kier molecular flexibility index (Phi) is 7.18. The van der Waals surface area contributed by atoms with Crippen molar-refractivity contribution in [3.05, 3.63) is 11.7 Å². The molecule has 0 bridgehead atoms. The number of likely N-dealkylation sites (tertiary alicyclic amines) is 2. The largest absolute Gasteiger partial charge is 0.373 e. The van der Waals surface area contributed by atoms with Crippen LogP contribution < -0.4 is 0 Å². The molecule has 2 saturated carbocycles. The number of rotatable bonds is 7. The monoisotopic (exact) mass is 508 g/mol. The van der Waals surface area contributed by atoms with Gasteiger partial charge >= 0.3 is 0 Å². The van der Waals surface area contributed by atoms with Gasteiger partial charge in [-0.05, 0) is 58.3 Å². The Labute approximate surface area is 213 Å². The summed E-state index contributed by atoms with van der Waals surface area (Å²) in [5, 5.41) is 4.26. The zero-order valence-corrected chi connectivity index (χ0v) is 22.2. The molecule has 202 valence electrons. The van der Waals surface area contributed by atoms with Crippen molar-refractivity contribution in [1.29, 1.82) is 0 Å². The number of carbonyl (C=O) groups is 1. The molecule has 2 aliphatic carbocycles. The zero-order valence-electron chi connectivity index (χ0n) is 22.2. The first-order valence-corrected chi connectivity index (χ1v) is 13.9. The number of hydrogen-bond donors (Lipinski definition) is 0. The normalized spacial score (nSPS) is 34.3. The number of carbonyl (C=O) groups excluding carboxylic acids is 1. The number of amides is 1. The maximum atomic E-state index is 15.1. The van der Waals surface area contributed by atoms with E-state index >= 15 is 8.78 Å². The molecular formula is C27H42F2N4O3. The third-order valence-corrected chi connectivity index (χ3v) is 9.29. The van der Waals surface area contributed by atoms with Crippen molar-refractivity contribution < 1.29 is 22.8 Å². The molecule has 4 fully saturated rings. The van der Waals surface area contributed by atoms with Crippen LogP contribution >= 0.6 is 0 Å². The van der Waals surface area contributed by atoms with Crippen LogP contribution in [0.15, 0.2) is 4.52 Å². The van der Waals surface area contributed by atoms with E-state index in [1.165, 1.54) is 0 Å². The minimum absolute atomic E-state index is 0.0296. The molecule has 9 heteroatoms. The summed E-state index contributed by atoms with van der Waals surface area (Å²) in [6.45, 7) is 11.3. The Morgan fingerprint density at radius 3 is 2.56 bits per heavy atom. The van der Waals surface area contributed by atoms with Crippen molar-refractivity contribution in [3.63, 3.8) is 0 Å². The smallest absolute Gasteiger partial charge is 0.253 e. The molecule has 0 radical (unpaired) electrons. The molecule has 0 spiro atoms. The van der Waals surface area contributed by atoms with E-state index in [2.05, 4.69) is 42.7 Å². The topological polar surface area (TPSA) is 71.7 Å². The van der Waals surface area contributed by atoms with Crippen molar-refractivity contribution >= 4 is 5.91 Å². The summed E-state index contributed by atoms with van der Waals surface area (Å²) in [7, 11) is 0. The summed E-state index contributed by atoms with van der Waals surface area (Å²) in [5.41, 5.74) is -0.262. The molecule has 0 N–H and O–H groups in total. The fraction of sp³-hybridized carbons (Fsp3) is 0.889. The molecule has 2 saturated heterocycles. The van der Waals surface area contributed by atoms with E-state index in [1.807, 2.05) is 0 Å². The van der Waals surface area contributed by atoms with Crippen molar-refractivity contribution in [2.75, 3.05) is 26.2 Å². The predicted octanol–water partition coefficient (Wildman–Crippen LogP) is 4.77. The van der Waals surface area contributed by atoms with Crippen LogP contribution in [0.2, 0.25) is 0 Å². The van der Waals surface area contributed by atoms with Gasteiger partial charge in [-0.15, -0.1) is 0 Å².